The third kappa shape index (κ3) is 2.44. The van der Waals surface area contributed by atoms with Crippen molar-refractivity contribution in [2.45, 2.75) is 44.2 Å². The maximum atomic E-state index is 11.9. The van der Waals surface area contributed by atoms with E-state index in [1.807, 2.05) is 6.07 Å². The molecule has 1 aliphatic rings. The molecule has 0 saturated heterocycles. The molecule has 0 aromatic carbocycles. The molecule has 0 aliphatic heterocycles. The molecule has 1 saturated carbocycles. The van der Waals surface area contributed by atoms with Gasteiger partial charge in [0.25, 0.3) is 0 Å². The number of rotatable bonds is 3. The Morgan fingerprint density at radius 2 is 2.19 bits per heavy atom. The number of carbonyl (C=O) groups excluding carboxylic acids is 1. The zero-order chi connectivity index (χ0) is 11.4. The van der Waals surface area contributed by atoms with Crippen molar-refractivity contribution in [3.05, 3.63) is 24.2 Å². The quantitative estimate of drug-likeness (QED) is 0.815. The molecule has 1 aliphatic carbocycles. The van der Waals surface area contributed by atoms with Crippen molar-refractivity contribution in [1.82, 2.24) is 5.32 Å². The number of hydrogen-bond acceptors (Lipinski definition) is 3. The van der Waals surface area contributed by atoms with Crippen molar-refractivity contribution in [3.63, 3.8) is 0 Å². The highest BCUT2D eigenvalue weighted by Gasteiger charge is 2.34. The summed E-state index contributed by atoms with van der Waals surface area (Å²) >= 11 is 0. The van der Waals surface area contributed by atoms with E-state index in [0.29, 0.717) is 6.54 Å². The molecule has 0 unspecified atom stereocenters. The Bertz CT molecular complexity index is 340. The fourth-order valence-electron chi connectivity index (χ4n) is 2.17. The van der Waals surface area contributed by atoms with E-state index in [0.717, 1.165) is 31.4 Å². The van der Waals surface area contributed by atoms with Crippen LogP contribution in [0.4, 0.5) is 0 Å². The first kappa shape index (κ1) is 11.2. The van der Waals surface area contributed by atoms with Crippen molar-refractivity contribution in [2.75, 3.05) is 0 Å². The Hall–Kier alpha value is -1.29. The van der Waals surface area contributed by atoms with Gasteiger partial charge in [-0.05, 0) is 25.0 Å². The van der Waals surface area contributed by atoms with Crippen LogP contribution in [-0.2, 0) is 11.3 Å². The predicted octanol–water partition coefficient (Wildman–Crippen LogP) is 1.56. The van der Waals surface area contributed by atoms with Crippen LogP contribution in [0, 0.1) is 0 Å². The minimum atomic E-state index is -0.662. The molecule has 1 heterocycles. The van der Waals surface area contributed by atoms with E-state index in [9.17, 15) is 4.79 Å². The number of carbonyl (C=O) groups is 1. The van der Waals surface area contributed by atoms with Gasteiger partial charge in [-0.25, -0.2) is 0 Å². The molecule has 1 fully saturated rings. The van der Waals surface area contributed by atoms with E-state index in [4.69, 9.17) is 10.2 Å². The highest BCUT2D eigenvalue weighted by Crippen LogP contribution is 2.25. The van der Waals surface area contributed by atoms with E-state index < -0.39 is 5.54 Å². The predicted molar refractivity (Wildman–Crippen MR) is 60.6 cm³/mol. The van der Waals surface area contributed by atoms with Crippen LogP contribution in [0.2, 0.25) is 0 Å². The van der Waals surface area contributed by atoms with Gasteiger partial charge in [-0.3, -0.25) is 4.79 Å². The van der Waals surface area contributed by atoms with Crippen LogP contribution in [0.3, 0.4) is 0 Å². The molecule has 3 N–H and O–H groups in total. The average Bonchev–Trinajstić information content (AvgIpc) is 2.79. The normalized spacial score (nSPS) is 19.3. The molecule has 1 aromatic heterocycles. The molecule has 4 nitrogen and oxygen atoms in total. The fourth-order valence-corrected chi connectivity index (χ4v) is 2.17. The summed E-state index contributed by atoms with van der Waals surface area (Å²) < 4.78 is 5.15. The number of hydrogen-bond donors (Lipinski definition) is 2. The molecule has 2 rings (SSSR count). The topological polar surface area (TPSA) is 68.3 Å². The molecule has 4 heteroatoms. The van der Waals surface area contributed by atoms with Gasteiger partial charge < -0.3 is 15.5 Å². The van der Waals surface area contributed by atoms with Crippen molar-refractivity contribution in [1.29, 1.82) is 0 Å². The largest absolute Gasteiger partial charge is 0.467 e. The van der Waals surface area contributed by atoms with Gasteiger partial charge in [0.15, 0.2) is 0 Å². The molecular formula is C12H18N2O2. The molecule has 0 radical (unpaired) electrons. The second-order valence-corrected chi connectivity index (χ2v) is 4.48. The van der Waals surface area contributed by atoms with Gasteiger partial charge in [0.1, 0.15) is 5.76 Å². The lowest BCUT2D eigenvalue weighted by Gasteiger charge is -2.31. The summed E-state index contributed by atoms with van der Waals surface area (Å²) in [6.07, 6.45) is 6.45. The van der Waals surface area contributed by atoms with Crippen molar-refractivity contribution < 1.29 is 9.21 Å². The summed E-state index contributed by atoms with van der Waals surface area (Å²) in [6, 6.07) is 3.64. The summed E-state index contributed by atoms with van der Waals surface area (Å²) in [4.78, 5) is 11.9. The zero-order valence-electron chi connectivity index (χ0n) is 9.37. The molecular weight excluding hydrogens is 204 g/mol. The van der Waals surface area contributed by atoms with Gasteiger partial charge in [-0.2, -0.15) is 0 Å². The zero-order valence-corrected chi connectivity index (χ0v) is 9.37. The highest BCUT2D eigenvalue weighted by atomic mass is 16.3. The van der Waals surface area contributed by atoms with E-state index in [2.05, 4.69) is 5.32 Å². The van der Waals surface area contributed by atoms with Gasteiger partial charge in [-0.15, -0.1) is 0 Å². The van der Waals surface area contributed by atoms with Crippen LogP contribution in [0.5, 0.6) is 0 Å². The van der Waals surface area contributed by atoms with Crippen LogP contribution in [0.15, 0.2) is 22.8 Å². The number of amides is 1. The van der Waals surface area contributed by atoms with E-state index >= 15 is 0 Å². The summed E-state index contributed by atoms with van der Waals surface area (Å²) in [6.45, 7) is 0.421. The standard InChI is InChI=1S/C12H18N2O2/c13-12(6-2-1-3-7-12)11(15)14-9-10-5-4-8-16-10/h4-5,8H,1-3,6-7,9,13H2,(H,14,15). The Morgan fingerprint density at radius 1 is 1.44 bits per heavy atom. The van der Waals surface area contributed by atoms with E-state index in [1.54, 1.807) is 12.3 Å². The van der Waals surface area contributed by atoms with Crippen molar-refractivity contribution >= 4 is 5.91 Å². The molecule has 0 bridgehead atoms. The van der Waals surface area contributed by atoms with E-state index in [1.165, 1.54) is 6.42 Å². The first-order valence-corrected chi connectivity index (χ1v) is 5.80. The first-order chi connectivity index (χ1) is 7.71. The summed E-state index contributed by atoms with van der Waals surface area (Å²) in [5.41, 5.74) is 5.44. The summed E-state index contributed by atoms with van der Waals surface area (Å²) in [7, 11) is 0. The Labute approximate surface area is 95.2 Å². The van der Waals surface area contributed by atoms with Gasteiger partial charge in [0, 0.05) is 0 Å². The number of nitrogens with one attached hydrogen (secondary N) is 1. The van der Waals surface area contributed by atoms with Crippen LogP contribution in [0.1, 0.15) is 37.9 Å². The maximum absolute atomic E-state index is 11.9. The second-order valence-electron chi connectivity index (χ2n) is 4.48. The Balaban J connectivity index is 1.87. The van der Waals surface area contributed by atoms with Gasteiger partial charge >= 0.3 is 0 Å². The first-order valence-electron chi connectivity index (χ1n) is 5.80. The van der Waals surface area contributed by atoms with Gasteiger partial charge in [0.2, 0.25) is 5.91 Å². The molecule has 88 valence electrons. The summed E-state index contributed by atoms with van der Waals surface area (Å²) in [5, 5.41) is 2.84. The molecule has 1 amide bonds. The maximum Gasteiger partial charge on any atom is 0.240 e. The minimum absolute atomic E-state index is 0.0522. The van der Waals surface area contributed by atoms with Crippen molar-refractivity contribution in [3.8, 4) is 0 Å². The van der Waals surface area contributed by atoms with Crippen LogP contribution in [0.25, 0.3) is 0 Å². The van der Waals surface area contributed by atoms with Crippen LogP contribution < -0.4 is 11.1 Å². The lowest BCUT2D eigenvalue weighted by Crippen LogP contribution is -2.54. The highest BCUT2D eigenvalue weighted by molar-refractivity contribution is 5.86. The van der Waals surface area contributed by atoms with Gasteiger partial charge in [0.05, 0.1) is 18.3 Å². The smallest absolute Gasteiger partial charge is 0.240 e. The van der Waals surface area contributed by atoms with Crippen molar-refractivity contribution in [2.24, 2.45) is 5.73 Å². The fraction of sp³-hybridized carbons (Fsp3) is 0.583. The molecule has 1 aromatic rings. The number of furan rings is 1. The number of nitrogens with two attached hydrogens (primary N) is 1. The average molecular weight is 222 g/mol. The summed E-state index contributed by atoms with van der Waals surface area (Å²) in [5.74, 6) is 0.705. The lowest BCUT2D eigenvalue weighted by atomic mass is 9.82. The minimum Gasteiger partial charge on any atom is -0.467 e. The molecule has 0 spiro atoms. The second kappa shape index (κ2) is 4.70. The SMILES string of the molecule is NC1(C(=O)NCc2ccco2)CCCCC1. The molecule has 0 atom stereocenters. The Morgan fingerprint density at radius 3 is 2.81 bits per heavy atom. The van der Waals surface area contributed by atoms with Crippen LogP contribution in [-0.4, -0.2) is 11.4 Å². The van der Waals surface area contributed by atoms with Gasteiger partial charge in [-0.1, -0.05) is 19.3 Å². The third-order valence-corrected chi connectivity index (χ3v) is 3.20. The monoisotopic (exact) mass is 222 g/mol. The molecule has 16 heavy (non-hydrogen) atoms. The third-order valence-electron chi connectivity index (χ3n) is 3.20. The van der Waals surface area contributed by atoms with E-state index in [-0.39, 0.29) is 5.91 Å². The Kier molecular flexibility index (Phi) is 3.29. The van der Waals surface area contributed by atoms with Crippen LogP contribution >= 0.6 is 0 Å². The lowest BCUT2D eigenvalue weighted by molar-refractivity contribution is -0.127.